The Morgan fingerprint density at radius 3 is 2.60 bits per heavy atom. The molecule has 15 heavy (non-hydrogen) atoms. The Kier molecular flexibility index (Phi) is 3.21. The van der Waals surface area contributed by atoms with Crippen LogP contribution in [0.3, 0.4) is 0 Å². The van der Waals surface area contributed by atoms with Crippen molar-refractivity contribution in [3.63, 3.8) is 0 Å². The van der Waals surface area contributed by atoms with Gasteiger partial charge in [-0.1, -0.05) is 0 Å². The second-order valence-corrected chi connectivity index (χ2v) is 4.65. The minimum absolute atomic E-state index is 0.0570. The van der Waals surface area contributed by atoms with E-state index in [9.17, 15) is 0 Å². The number of hydrogen-bond acceptors (Lipinski definition) is 3. The smallest absolute Gasteiger partial charge is 0.204 e. The molecular formula is C10H21N5. The second-order valence-electron chi connectivity index (χ2n) is 4.65. The fourth-order valence-corrected chi connectivity index (χ4v) is 1.75. The molecule has 0 aromatic rings. The molecule has 5 heteroatoms. The highest BCUT2D eigenvalue weighted by atomic mass is 15.5. The topological polar surface area (TPSA) is 68.7 Å². The summed E-state index contributed by atoms with van der Waals surface area (Å²) in [7, 11) is 0. The van der Waals surface area contributed by atoms with Gasteiger partial charge in [-0.25, -0.2) is 0 Å². The predicted molar refractivity (Wildman–Crippen MR) is 63.1 cm³/mol. The van der Waals surface area contributed by atoms with E-state index < -0.39 is 0 Å². The highest BCUT2D eigenvalue weighted by molar-refractivity contribution is 5.98. The number of hydrogen-bond donors (Lipinski definition) is 2. The van der Waals surface area contributed by atoms with E-state index in [0.29, 0.717) is 0 Å². The van der Waals surface area contributed by atoms with Gasteiger partial charge in [0.05, 0.1) is 6.54 Å². The van der Waals surface area contributed by atoms with Crippen molar-refractivity contribution in [1.82, 2.24) is 9.80 Å². The Balaban J connectivity index is 2.95. The zero-order valence-electron chi connectivity index (χ0n) is 10.0. The van der Waals surface area contributed by atoms with Gasteiger partial charge in [-0.2, -0.15) is 0 Å². The summed E-state index contributed by atoms with van der Waals surface area (Å²) in [5.41, 5.74) is 5.42. The van der Waals surface area contributed by atoms with E-state index in [-0.39, 0.29) is 11.5 Å². The molecule has 5 nitrogen and oxygen atoms in total. The van der Waals surface area contributed by atoms with Gasteiger partial charge < -0.3 is 10.6 Å². The van der Waals surface area contributed by atoms with Crippen molar-refractivity contribution < 1.29 is 0 Å². The third-order valence-corrected chi connectivity index (χ3v) is 2.40. The molecule has 0 amide bonds. The van der Waals surface area contributed by atoms with Crippen LogP contribution in [-0.4, -0.2) is 46.9 Å². The van der Waals surface area contributed by atoms with Crippen LogP contribution in [0, 0.1) is 5.41 Å². The molecule has 0 aromatic heterocycles. The SMILES string of the molecule is CCN1CCN=C1N(C(=N)N)C(C)(C)C. The van der Waals surface area contributed by atoms with Gasteiger partial charge in [0.25, 0.3) is 0 Å². The molecule has 0 aliphatic carbocycles. The fraction of sp³-hybridized carbons (Fsp3) is 0.800. The summed E-state index contributed by atoms with van der Waals surface area (Å²) in [6, 6.07) is 0. The van der Waals surface area contributed by atoms with Gasteiger partial charge >= 0.3 is 0 Å². The lowest BCUT2D eigenvalue weighted by Gasteiger charge is -2.38. The van der Waals surface area contributed by atoms with Crippen molar-refractivity contribution in [2.45, 2.75) is 33.2 Å². The van der Waals surface area contributed by atoms with Crippen molar-refractivity contribution in [1.29, 1.82) is 5.41 Å². The van der Waals surface area contributed by atoms with E-state index in [2.05, 4.69) is 16.8 Å². The van der Waals surface area contributed by atoms with Crippen LogP contribution in [0.15, 0.2) is 4.99 Å². The van der Waals surface area contributed by atoms with Crippen LogP contribution >= 0.6 is 0 Å². The van der Waals surface area contributed by atoms with E-state index in [1.165, 1.54) is 0 Å². The second kappa shape index (κ2) is 4.08. The molecule has 0 bridgehead atoms. The largest absolute Gasteiger partial charge is 0.370 e. The number of nitrogens with two attached hydrogens (primary N) is 1. The molecule has 1 aliphatic heterocycles. The maximum Gasteiger partial charge on any atom is 0.204 e. The molecule has 0 atom stereocenters. The van der Waals surface area contributed by atoms with Gasteiger partial charge in [-0.05, 0) is 27.7 Å². The fourth-order valence-electron chi connectivity index (χ4n) is 1.75. The molecule has 1 heterocycles. The highest BCUT2D eigenvalue weighted by Crippen LogP contribution is 2.17. The zero-order chi connectivity index (χ0) is 11.6. The summed E-state index contributed by atoms with van der Waals surface area (Å²) < 4.78 is 0. The number of guanidine groups is 2. The Bertz CT molecular complexity index is 276. The number of rotatable bonds is 1. The molecule has 1 rings (SSSR count). The zero-order valence-corrected chi connectivity index (χ0v) is 10.0. The number of likely N-dealkylation sites (N-methyl/N-ethyl adjacent to an activating group) is 1. The quantitative estimate of drug-likeness (QED) is 0.495. The number of nitrogens with one attached hydrogen (secondary N) is 1. The summed E-state index contributed by atoms with van der Waals surface area (Å²) in [5.74, 6) is 0.888. The van der Waals surface area contributed by atoms with Gasteiger partial charge in [0, 0.05) is 18.6 Å². The predicted octanol–water partition coefficient (Wildman–Crippen LogP) is 0.672. The third kappa shape index (κ3) is 2.40. The first kappa shape index (κ1) is 11.8. The first-order valence-electron chi connectivity index (χ1n) is 5.31. The average Bonchev–Trinajstić information content (AvgIpc) is 2.48. The van der Waals surface area contributed by atoms with Gasteiger partial charge in [0.2, 0.25) is 5.96 Å². The van der Waals surface area contributed by atoms with E-state index in [1.54, 1.807) is 4.90 Å². The lowest BCUT2D eigenvalue weighted by atomic mass is 10.1. The van der Waals surface area contributed by atoms with Crippen molar-refractivity contribution in [2.75, 3.05) is 19.6 Å². The average molecular weight is 211 g/mol. The maximum atomic E-state index is 7.63. The highest BCUT2D eigenvalue weighted by Gasteiger charge is 2.31. The van der Waals surface area contributed by atoms with Crippen LogP contribution in [0.5, 0.6) is 0 Å². The van der Waals surface area contributed by atoms with Gasteiger partial charge in [0.1, 0.15) is 0 Å². The lowest BCUT2D eigenvalue weighted by Crippen LogP contribution is -2.56. The molecule has 0 aromatic carbocycles. The van der Waals surface area contributed by atoms with Gasteiger partial charge in [-0.3, -0.25) is 15.3 Å². The molecule has 0 radical (unpaired) electrons. The lowest BCUT2D eigenvalue weighted by molar-refractivity contribution is 0.298. The van der Waals surface area contributed by atoms with Gasteiger partial charge in [-0.15, -0.1) is 0 Å². The van der Waals surface area contributed by atoms with Crippen molar-refractivity contribution in [3.8, 4) is 0 Å². The summed E-state index contributed by atoms with van der Waals surface area (Å²) in [6.45, 7) is 10.8. The molecule has 3 N–H and O–H groups in total. The third-order valence-electron chi connectivity index (χ3n) is 2.40. The molecule has 1 aliphatic rings. The molecule has 0 fully saturated rings. The first-order valence-corrected chi connectivity index (χ1v) is 5.31. The Morgan fingerprint density at radius 2 is 2.20 bits per heavy atom. The molecule has 86 valence electrons. The normalized spacial score (nSPS) is 16.5. The molecule has 0 unspecified atom stereocenters. The summed E-state index contributed by atoms with van der Waals surface area (Å²) in [4.78, 5) is 8.35. The van der Waals surface area contributed by atoms with E-state index in [0.717, 1.165) is 25.6 Å². The van der Waals surface area contributed by atoms with E-state index >= 15 is 0 Å². The Labute approximate surface area is 91.5 Å². The Morgan fingerprint density at radius 1 is 1.60 bits per heavy atom. The number of nitrogens with zero attached hydrogens (tertiary/aromatic N) is 3. The first-order chi connectivity index (χ1) is 6.88. The van der Waals surface area contributed by atoms with Crippen LogP contribution in [0.4, 0.5) is 0 Å². The van der Waals surface area contributed by atoms with Crippen molar-refractivity contribution >= 4 is 11.9 Å². The molecule has 0 spiro atoms. The van der Waals surface area contributed by atoms with Crippen LogP contribution < -0.4 is 5.73 Å². The summed E-state index contributed by atoms with van der Waals surface area (Å²) in [5, 5.41) is 7.63. The molecule has 0 saturated carbocycles. The Hall–Kier alpha value is -1.26. The number of aliphatic imine (C=N–C) groups is 1. The maximum absolute atomic E-state index is 7.63. The van der Waals surface area contributed by atoms with Crippen LogP contribution in [0.2, 0.25) is 0 Å². The summed E-state index contributed by atoms with van der Waals surface area (Å²) >= 11 is 0. The monoisotopic (exact) mass is 211 g/mol. The van der Waals surface area contributed by atoms with E-state index in [1.807, 2.05) is 20.8 Å². The minimum atomic E-state index is -0.206. The van der Waals surface area contributed by atoms with Crippen molar-refractivity contribution in [2.24, 2.45) is 10.7 Å². The van der Waals surface area contributed by atoms with E-state index in [4.69, 9.17) is 11.1 Å². The summed E-state index contributed by atoms with van der Waals surface area (Å²) in [6.07, 6.45) is 0. The molecular weight excluding hydrogens is 190 g/mol. The van der Waals surface area contributed by atoms with Crippen LogP contribution in [-0.2, 0) is 0 Å². The molecule has 0 saturated heterocycles. The standard InChI is InChI=1S/C10H21N5/c1-5-14-7-6-13-9(14)15(8(11)12)10(2,3)4/h5-7H2,1-4H3,(H3,11,12). The minimum Gasteiger partial charge on any atom is -0.370 e. The van der Waals surface area contributed by atoms with Crippen LogP contribution in [0.1, 0.15) is 27.7 Å². The van der Waals surface area contributed by atoms with Crippen molar-refractivity contribution in [3.05, 3.63) is 0 Å². The van der Waals surface area contributed by atoms with Crippen LogP contribution in [0.25, 0.3) is 0 Å². The van der Waals surface area contributed by atoms with Gasteiger partial charge in [0.15, 0.2) is 5.96 Å².